The number of methoxy groups -OCH3 is 1. The van der Waals surface area contributed by atoms with E-state index in [1.165, 1.54) is 22.3 Å². The van der Waals surface area contributed by atoms with Crippen LogP contribution in [-0.2, 0) is 16.0 Å². The van der Waals surface area contributed by atoms with E-state index in [1.54, 1.807) is 7.11 Å². The van der Waals surface area contributed by atoms with E-state index in [9.17, 15) is 4.79 Å². The molecule has 106 valence electrons. The summed E-state index contributed by atoms with van der Waals surface area (Å²) in [4.78, 5) is 13.8. The van der Waals surface area contributed by atoms with E-state index in [1.807, 2.05) is 11.0 Å². The molecule has 1 aliphatic carbocycles. The van der Waals surface area contributed by atoms with Crippen LogP contribution in [0.2, 0.25) is 5.02 Å². The normalized spacial score (nSPS) is 17.2. The molecule has 20 heavy (non-hydrogen) atoms. The first-order valence-electron chi connectivity index (χ1n) is 6.56. The largest absolute Gasteiger partial charge is 0.375 e. The third-order valence-corrected chi connectivity index (χ3v) is 5.31. The zero-order chi connectivity index (χ0) is 14.3. The summed E-state index contributed by atoms with van der Waals surface area (Å²) in [5.74, 6) is 0.0516. The zero-order valence-corrected chi connectivity index (χ0v) is 13.6. The van der Waals surface area contributed by atoms with Crippen molar-refractivity contribution in [2.45, 2.75) is 12.8 Å². The lowest BCUT2D eigenvalue weighted by molar-refractivity contribution is -0.134. The molecule has 2 aliphatic rings. The van der Waals surface area contributed by atoms with Crippen LogP contribution in [0.15, 0.2) is 22.2 Å². The summed E-state index contributed by atoms with van der Waals surface area (Å²) in [6.07, 6.45) is 1.84. The molecule has 3 nitrogen and oxygen atoms in total. The van der Waals surface area contributed by atoms with E-state index in [0.29, 0.717) is 6.54 Å². The van der Waals surface area contributed by atoms with Gasteiger partial charge in [-0.1, -0.05) is 23.2 Å². The van der Waals surface area contributed by atoms with E-state index < -0.39 is 0 Å². The summed E-state index contributed by atoms with van der Waals surface area (Å²) < 4.78 is 5.87. The monoisotopic (exact) mass is 355 g/mol. The first kappa shape index (κ1) is 14.1. The summed E-state index contributed by atoms with van der Waals surface area (Å²) in [5.41, 5.74) is 5.07. The minimum Gasteiger partial charge on any atom is -0.375 e. The van der Waals surface area contributed by atoms with Crippen molar-refractivity contribution in [2.75, 3.05) is 26.8 Å². The Labute approximate surface area is 131 Å². The third kappa shape index (κ3) is 2.30. The van der Waals surface area contributed by atoms with Gasteiger partial charge >= 0.3 is 0 Å². The molecule has 0 aromatic heterocycles. The van der Waals surface area contributed by atoms with E-state index >= 15 is 0 Å². The first-order valence-corrected chi connectivity index (χ1v) is 7.73. The number of fused-ring (bicyclic) bond motifs is 2. The highest BCUT2D eigenvalue weighted by Crippen LogP contribution is 2.42. The summed E-state index contributed by atoms with van der Waals surface area (Å²) >= 11 is 9.85. The highest BCUT2D eigenvalue weighted by molar-refractivity contribution is 9.10. The van der Waals surface area contributed by atoms with E-state index in [0.717, 1.165) is 28.9 Å². The SMILES string of the molecule is COCC(=O)N1CCC2=C(C1)c1ccc(Br)c(Cl)c1C2. The number of carbonyl (C=O) groups is 1. The van der Waals surface area contributed by atoms with Crippen molar-refractivity contribution in [2.24, 2.45) is 0 Å². The molecule has 0 bridgehead atoms. The second-order valence-electron chi connectivity index (χ2n) is 5.14. The van der Waals surface area contributed by atoms with Gasteiger partial charge in [-0.2, -0.15) is 0 Å². The topological polar surface area (TPSA) is 29.5 Å². The van der Waals surface area contributed by atoms with Gasteiger partial charge in [-0.05, 0) is 51.5 Å². The molecule has 0 N–H and O–H groups in total. The van der Waals surface area contributed by atoms with Gasteiger partial charge < -0.3 is 9.64 Å². The highest BCUT2D eigenvalue weighted by Gasteiger charge is 2.30. The van der Waals surface area contributed by atoms with Crippen LogP contribution in [0.4, 0.5) is 0 Å². The lowest BCUT2D eigenvalue weighted by Crippen LogP contribution is -2.38. The van der Waals surface area contributed by atoms with Gasteiger partial charge in [0.2, 0.25) is 5.91 Å². The van der Waals surface area contributed by atoms with Crippen molar-refractivity contribution in [3.05, 3.63) is 38.3 Å². The maximum Gasteiger partial charge on any atom is 0.248 e. The minimum atomic E-state index is 0.0516. The molecule has 0 fully saturated rings. The van der Waals surface area contributed by atoms with Crippen molar-refractivity contribution in [1.29, 1.82) is 0 Å². The van der Waals surface area contributed by atoms with Crippen LogP contribution >= 0.6 is 27.5 Å². The molecule has 1 aromatic rings. The zero-order valence-electron chi connectivity index (χ0n) is 11.2. The Kier molecular flexibility index (Phi) is 3.89. The molecule has 0 spiro atoms. The molecule has 3 rings (SSSR count). The molecule has 0 saturated heterocycles. The fourth-order valence-corrected chi connectivity index (χ4v) is 3.57. The molecule has 1 heterocycles. The Balaban J connectivity index is 1.89. The number of halogens is 2. The average Bonchev–Trinajstić information content (AvgIpc) is 2.81. The van der Waals surface area contributed by atoms with Crippen molar-refractivity contribution in [3.8, 4) is 0 Å². The number of amides is 1. The molecule has 0 unspecified atom stereocenters. The van der Waals surface area contributed by atoms with Crippen molar-refractivity contribution < 1.29 is 9.53 Å². The lowest BCUT2D eigenvalue weighted by atomic mass is 10.00. The van der Waals surface area contributed by atoms with Crippen LogP contribution in [-0.4, -0.2) is 37.6 Å². The molecule has 0 atom stereocenters. The van der Waals surface area contributed by atoms with Crippen LogP contribution < -0.4 is 0 Å². The van der Waals surface area contributed by atoms with E-state index in [4.69, 9.17) is 16.3 Å². The van der Waals surface area contributed by atoms with E-state index in [-0.39, 0.29) is 12.5 Å². The third-order valence-electron chi connectivity index (χ3n) is 3.99. The summed E-state index contributed by atoms with van der Waals surface area (Å²) in [5, 5.41) is 0.798. The molecular formula is C15H15BrClNO2. The number of rotatable bonds is 2. The summed E-state index contributed by atoms with van der Waals surface area (Å²) in [7, 11) is 1.55. The quantitative estimate of drug-likeness (QED) is 0.814. The fraction of sp³-hybridized carbons (Fsp3) is 0.400. The molecule has 5 heteroatoms. The average molecular weight is 357 g/mol. The Morgan fingerprint density at radius 3 is 3.05 bits per heavy atom. The Hall–Kier alpha value is -0.840. The number of ether oxygens (including phenoxy) is 1. The van der Waals surface area contributed by atoms with Gasteiger partial charge in [0, 0.05) is 24.7 Å². The lowest BCUT2D eigenvalue weighted by Gasteiger charge is -2.28. The fourth-order valence-electron chi connectivity index (χ4n) is 2.96. The summed E-state index contributed by atoms with van der Waals surface area (Å²) in [6.45, 7) is 1.59. The van der Waals surface area contributed by atoms with Gasteiger partial charge in [0.1, 0.15) is 6.61 Å². The Morgan fingerprint density at radius 1 is 1.50 bits per heavy atom. The second-order valence-corrected chi connectivity index (χ2v) is 6.38. The Bertz CT molecular complexity index is 612. The molecule has 1 aliphatic heterocycles. The van der Waals surface area contributed by atoms with Crippen LogP contribution in [0.3, 0.4) is 0 Å². The molecule has 1 aromatic carbocycles. The van der Waals surface area contributed by atoms with Gasteiger partial charge in [-0.15, -0.1) is 0 Å². The van der Waals surface area contributed by atoms with Gasteiger partial charge in [-0.25, -0.2) is 0 Å². The molecule has 0 radical (unpaired) electrons. The van der Waals surface area contributed by atoms with Crippen LogP contribution in [0.5, 0.6) is 0 Å². The predicted octanol–water partition coefficient (Wildman–Crippen LogP) is 3.29. The van der Waals surface area contributed by atoms with Crippen LogP contribution in [0.1, 0.15) is 17.5 Å². The second kappa shape index (κ2) is 5.51. The van der Waals surface area contributed by atoms with Crippen molar-refractivity contribution >= 4 is 39.0 Å². The highest BCUT2D eigenvalue weighted by atomic mass is 79.9. The van der Waals surface area contributed by atoms with Gasteiger partial charge in [-0.3, -0.25) is 4.79 Å². The maximum absolute atomic E-state index is 12.0. The smallest absolute Gasteiger partial charge is 0.248 e. The van der Waals surface area contributed by atoms with Crippen molar-refractivity contribution in [3.63, 3.8) is 0 Å². The van der Waals surface area contributed by atoms with Crippen molar-refractivity contribution in [1.82, 2.24) is 4.90 Å². The van der Waals surface area contributed by atoms with Gasteiger partial charge in [0.25, 0.3) is 0 Å². The standard InChI is InChI=1S/C15H15BrClNO2/c1-20-8-14(19)18-5-4-9-6-11-10(12(9)7-18)2-3-13(16)15(11)17/h2-3H,4-8H2,1H3. The van der Waals surface area contributed by atoms with E-state index in [2.05, 4.69) is 22.0 Å². The van der Waals surface area contributed by atoms with Crippen LogP contribution in [0.25, 0.3) is 5.57 Å². The number of benzene rings is 1. The number of carbonyl (C=O) groups excluding carboxylic acids is 1. The van der Waals surface area contributed by atoms with Gasteiger partial charge in [0.05, 0.1) is 5.02 Å². The summed E-state index contributed by atoms with van der Waals surface area (Å²) in [6, 6.07) is 4.07. The number of nitrogens with zero attached hydrogens (tertiary/aromatic N) is 1. The first-order chi connectivity index (χ1) is 9.61. The predicted molar refractivity (Wildman–Crippen MR) is 82.8 cm³/mol. The molecule has 1 amide bonds. The van der Waals surface area contributed by atoms with Gasteiger partial charge in [0.15, 0.2) is 0 Å². The minimum absolute atomic E-state index is 0.0516. The molecule has 0 saturated carbocycles. The number of hydrogen-bond donors (Lipinski definition) is 0. The number of hydrogen-bond acceptors (Lipinski definition) is 2. The molecular weight excluding hydrogens is 342 g/mol. The maximum atomic E-state index is 12.0. The Morgan fingerprint density at radius 2 is 2.30 bits per heavy atom. The van der Waals surface area contributed by atoms with Crippen LogP contribution in [0, 0.1) is 0 Å².